The van der Waals surface area contributed by atoms with Gasteiger partial charge in [0.2, 0.25) is 0 Å². The lowest BCUT2D eigenvalue weighted by atomic mass is 10.1. The van der Waals surface area contributed by atoms with E-state index >= 15 is 0 Å². The van der Waals surface area contributed by atoms with E-state index < -0.39 is 0 Å². The van der Waals surface area contributed by atoms with Gasteiger partial charge in [-0.25, -0.2) is 0 Å². The van der Waals surface area contributed by atoms with E-state index in [4.69, 9.17) is 32.7 Å². The number of benzene rings is 2. The summed E-state index contributed by atoms with van der Waals surface area (Å²) >= 11 is 15.6. The van der Waals surface area contributed by atoms with Crippen LogP contribution in [0.4, 0.5) is 5.69 Å². The molecule has 3 nitrogen and oxygen atoms in total. The Morgan fingerprint density at radius 2 is 1.87 bits per heavy atom. The molecule has 0 aliphatic carbocycles. The fourth-order valence-electron chi connectivity index (χ4n) is 2.07. The van der Waals surface area contributed by atoms with Gasteiger partial charge >= 0.3 is 0 Å². The van der Waals surface area contributed by atoms with Crippen molar-refractivity contribution in [3.63, 3.8) is 0 Å². The molecule has 0 aromatic heterocycles. The van der Waals surface area contributed by atoms with Crippen LogP contribution in [0.2, 0.25) is 10.0 Å². The summed E-state index contributed by atoms with van der Waals surface area (Å²) in [4.78, 5) is 0. The Bertz CT molecular complexity index is 693. The summed E-state index contributed by atoms with van der Waals surface area (Å²) in [5, 5.41) is 4.37. The summed E-state index contributed by atoms with van der Waals surface area (Å²) in [6, 6.07) is 9.26. The molecule has 1 N–H and O–H groups in total. The average Bonchev–Trinajstić information content (AvgIpc) is 2.50. The molecule has 6 heteroatoms. The van der Waals surface area contributed by atoms with Crippen molar-refractivity contribution in [2.24, 2.45) is 0 Å². The van der Waals surface area contributed by atoms with Crippen LogP contribution in [0.5, 0.6) is 11.5 Å². The molecule has 2 rings (SSSR count). The van der Waals surface area contributed by atoms with Crippen LogP contribution in [-0.2, 0) is 6.54 Å². The fourth-order valence-corrected chi connectivity index (χ4v) is 2.82. The molecule has 124 valence electrons. The number of halogens is 3. The van der Waals surface area contributed by atoms with Crippen molar-refractivity contribution in [1.29, 1.82) is 0 Å². The van der Waals surface area contributed by atoms with Gasteiger partial charge in [-0.05, 0) is 44.2 Å². The minimum absolute atomic E-state index is 0.0435. The normalized spacial score (nSPS) is 10.7. The van der Waals surface area contributed by atoms with Crippen molar-refractivity contribution in [2.45, 2.75) is 26.5 Å². The van der Waals surface area contributed by atoms with Crippen molar-refractivity contribution in [2.75, 3.05) is 12.4 Å². The van der Waals surface area contributed by atoms with Gasteiger partial charge < -0.3 is 14.8 Å². The summed E-state index contributed by atoms with van der Waals surface area (Å²) in [6.07, 6.45) is 0.0435. The number of ether oxygens (including phenoxy) is 2. The molecular weight excluding hydrogens is 401 g/mol. The van der Waals surface area contributed by atoms with Crippen LogP contribution in [0.1, 0.15) is 19.4 Å². The van der Waals surface area contributed by atoms with Gasteiger partial charge in [-0.3, -0.25) is 0 Å². The molecule has 0 atom stereocenters. The van der Waals surface area contributed by atoms with Gasteiger partial charge in [0, 0.05) is 22.3 Å². The Morgan fingerprint density at radius 3 is 2.48 bits per heavy atom. The molecule has 0 radical (unpaired) electrons. The first-order valence-corrected chi connectivity index (χ1v) is 8.68. The van der Waals surface area contributed by atoms with Gasteiger partial charge in [-0.2, -0.15) is 0 Å². The Labute approximate surface area is 155 Å². The third-order valence-electron chi connectivity index (χ3n) is 3.13. The van der Waals surface area contributed by atoms with Gasteiger partial charge in [0.15, 0.2) is 11.5 Å². The van der Waals surface area contributed by atoms with Crippen LogP contribution >= 0.6 is 39.1 Å². The lowest BCUT2D eigenvalue weighted by molar-refractivity contribution is 0.227. The van der Waals surface area contributed by atoms with Crippen LogP contribution in [0.25, 0.3) is 0 Å². The second-order valence-corrected chi connectivity index (χ2v) is 6.88. The molecule has 0 spiro atoms. The maximum absolute atomic E-state index is 6.05. The van der Waals surface area contributed by atoms with E-state index in [1.807, 2.05) is 32.0 Å². The van der Waals surface area contributed by atoms with Crippen molar-refractivity contribution < 1.29 is 9.47 Å². The zero-order chi connectivity index (χ0) is 17.0. The van der Waals surface area contributed by atoms with E-state index in [1.165, 1.54) is 0 Å². The number of nitrogens with one attached hydrogen (secondary N) is 1. The predicted molar refractivity (Wildman–Crippen MR) is 100 cm³/mol. The number of anilines is 1. The minimum atomic E-state index is 0.0435. The smallest absolute Gasteiger partial charge is 0.167 e. The molecule has 0 heterocycles. The van der Waals surface area contributed by atoms with E-state index in [9.17, 15) is 0 Å². The monoisotopic (exact) mass is 417 g/mol. The highest BCUT2D eigenvalue weighted by Crippen LogP contribution is 2.37. The van der Waals surface area contributed by atoms with E-state index in [2.05, 4.69) is 21.2 Å². The number of hydrogen-bond acceptors (Lipinski definition) is 3. The van der Waals surface area contributed by atoms with Gasteiger partial charge in [0.25, 0.3) is 0 Å². The largest absolute Gasteiger partial charge is 0.493 e. The van der Waals surface area contributed by atoms with Gasteiger partial charge in [0.05, 0.1) is 23.3 Å². The average molecular weight is 419 g/mol. The molecule has 0 aliphatic heterocycles. The Morgan fingerprint density at radius 1 is 1.13 bits per heavy atom. The molecule has 0 fully saturated rings. The zero-order valence-corrected chi connectivity index (χ0v) is 16.2. The van der Waals surface area contributed by atoms with E-state index in [-0.39, 0.29) is 6.10 Å². The van der Waals surface area contributed by atoms with Crippen molar-refractivity contribution in [1.82, 2.24) is 0 Å². The van der Waals surface area contributed by atoms with Crippen molar-refractivity contribution in [3.05, 3.63) is 50.4 Å². The first-order chi connectivity index (χ1) is 10.9. The van der Waals surface area contributed by atoms with Crippen LogP contribution < -0.4 is 14.8 Å². The summed E-state index contributed by atoms with van der Waals surface area (Å²) < 4.78 is 12.3. The third kappa shape index (κ3) is 4.69. The summed E-state index contributed by atoms with van der Waals surface area (Å²) in [5.41, 5.74) is 1.86. The Hall–Kier alpha value is -1.10. The molecule has 2 aromatic rings. The molecule has 0 aliphatic rings. The van der Waals surface area contributed by atoms with Crippen molar-refractivity contribution in [3.8, 4) is 11.5 Å². The van der Waals surface area contributed by atoms with Crippen LogP contribution in [0.15, 0.2) is 34.8 Å². The SMILES string of the molecule is COc1ccc(Br)c(CNc2ccc(Cl)c(Cl)c2)c1OC(C)C. The molecule has 0 unspecified atom stereocenters. The van der Waals surface area contributed by atoms with E-state index in [0.717, 1.165) is 21.5 Å². The summed E-state index contributed by atoms with van der Waals surface area (Å²) in [5.74, 6) is 1.43. The highest BCUT2D eigenvalue weighted by atomic mass is 79.9. The minimum Gasteiger partial charge on any atom is -0.493 e. The van der Waals surface area contributed by atoms with E-state index in [1.54, 1.807) is 19.2 Å². The van der Waals surface area contributed by atoms with Crippen LogP contribution in [0, 0.1) is 0 Å². The fraction of sp³-hybridized carbons (Fsp3) is 0.294. The number of hydrogen-bond donors (Lipinski definition) is 1. The Balaban J connectivity index is 2.28. The van der Waals surface area contributed by atoms with Crippen LogP contribution in [0.3, 0.4) is 0 Å². The highest BCUT2D eigenvalue weighted by Gasteiger charge is 2.16. The van der Waals surface area contributed by atoms with Gasteiger partial charge in [-0.1, -0.05) is 39.1 Å². The van der Waals surface area contributed by atoms with Crippen molar-refractivity contribution >= 4 is 44.8 Å². The number of rotatable bonds is 6. The predicted octanol–water partition coefficient (Wildman–Crippen LogP) is 6.16. The van der Waals surface area contributed by atoms with Crippen LogP contribution in [-0.4, -0.2) is 13.2 Å². The molecule has 0 saturated heterocycles. The second-order valence-electron chi connectivity index (χ2n) is 5.21. The first-order valence-electron chi connectivity index (χ1n) is 7.13. The molecule has 0 saturated carbocycles. The number of methoxy groups -OCH3 is 1. The first kappa shape index (κ1) is 18.2. The maximum atomic E-state index is 6.05. The molecule has 0 amide bonds. The molecule has 0 bridgehead atoms. The maximum Gasteiger partial charge on any atom is 0.167 e. The molecule has 23 heavy (non-hydrogen) atoms. The summed E-state index contributed by atoms with van der Waals surface area (Å²) in [6.45, 7) is 4.52. The van der Waals surface area contributed by atoms with Gasteiger partial charge in [-0.15, -0.1) is 0 Å². The quantitative estimate of drug-likeness (QED) is 0.608. The topological polar surface area (TPSA) is 30.5 Å². The summed E-state index contributed by atoms with van der Waals surface area (Å²) in [7, 11) is 1.63. The van der Waals surface area contributed by atoms with E-state index in [0.29, 0.717) is 22.3 Å². The Kier molecular flexibility index (Phi) is 6.45. The third-order valence-corrected chi connectivity index (χ3v) is 4.61. The van der Waals surface area contributed by atoms with Gasteiger partial charge in [0.1, 0.15) is 0 Å². The molecule has 2 aromatic carbocycles. The standard InChI is InChI=1S/C17H18BrCl2NO2/c1-10(2)23-17-12(13(18)5-7-16(17)22-3)9-21-11-4-6-14(19)15(20)8-11/h4-8,10,21H,9H2,1-3H3. The lowest BCUT2D eigenvalue weighted by Crippen LogP contribution is -2.11. The highest BCUT2D eigenvalue weighted by molar-refractivity contribution is 9.10. The molecular formula is C17H18BrCl2NO2. The lowest BCUT2D eigenvalue weighted by Gasteiger charge is -2.19. The second kappa shape index (κ2) is 8.13. The zero-order valence-electron chi connectivity index (χ0n) is 13.1.